The van der Waals surface area contributed by atoms with Crippen molar-refractivity contribution in [1.29, 1.82) is 0 Å². The van der Waals surface area contributed by atoms with E-state index in [0.29, 0.717) is 0 Å². The number of carbonyl (C=O) groups is 1. The Bertz CT molecular complexity index is 534. The molecular formula is C15H20N2O4. The van der Waals surface area contributed by atoms with Crippen LogP contribution in [-0.4, -0.2) is 43.9 Å². The molecule has 0 aliphatic carbocycles. The number of nitrogens with two attached hydrogens (primary N) is 1. The molecule has 2 unspecified atom stereocenters. The molecule has 2 N–H and O–H groups in total. The first-order valence-corrected chi connectivity index (χ1v) is 7.15. The summed E-state index contributed by atoms with van der Waals surface area (Å²) in [7, 11) is 1.55. The third-order valence-electron chi connectivity index (χ3n) is 3.98. The van der Waals surface area contributed by atoms with Crippen molar-refractivity contribution < 1.29 is 19.0 Å². The van der Waals surface area contributed by atoms with Crippen LogP contribution in [0.3, 0.4) is 0 Å². The van der Waals surface area contributed by atoms with Crippen LogP contribution in [0.4, 0.5) is 0 Å². The number of carbonyl (C=O) groups excluding carboxylic acids is 1. The second-order valence-electron chi connectivity index (χ2n) is 5.36. The average molecular weight is 292 g/mol. The van der Waals surface area contributed by atoms with E-state index in [1.807, 2.05) is 23.1 Å². The van der Waals surface area contributed by atoms with Crippen molar-refractivity contribution in [2.45, 2.75) is 24.9 Å². The zero-order valence-corrected chi connectivity index (χ0v) is 12.1. The maximum absolute atomic E-state index is 12.4. The Morgan fingerprint density at radius 1 is 1.48 bits per heavy atom. The molecule has 0 aromatic heterocycles. The van der Waals surface area contributed by atoms with Gasteiger partial charge in [0.05, 0.1) is 12.6 Å². The van der Waals surface area contributed by atoms with Gasteiger partial charge in [0.2, 0.25) is 12.7 Å². The van der Waals surface area contributed by atoms with Gasteiger partial charge in [0, 0.05) is 13.7 Å². The third kappa shape index (κ3) is 2.69. The first kappa shape index (κ1) is 14.2. The summed E-state index contributed by atoms with van der Waals surface area (Å²) in [5, 5.41) is 0. The Kier molecular flexibility index (Phi) is 3.98. The standard InChI is InChI=1S/C15H20N2O4/c1-19-8-11(16)15(18)17-6-2-3-12(17)10-4-5-13-14(7-10)21-9-20-13/h4-5,7,11-12H,2-3,6,8-9,16H2,1H3. The highest BCUT2D eigenvalue weighted by Gasteiger charge is 2.33. The maximum atomic E-state index is 12.4. The largest absolute Gasteiger partial charge is 0.454 e. The van der Waals surface area contributed by atoms with Crippen molar-refractivity contribution in [3.8, 4) is 11.5 Å². The van der Waals surface area contributed by atoms with Crippen molar-refractivity contribution in [3.05, 3.63) is 23.8 Å². The van der Waals surface area contributed by atoms with Crippen LogP contribution in [0.1, 0.15) is 24.4 Å². The minimum atomic E-state index is -0.607. The molecular weight excluding hydrogens is 272 g/mol. The summed E-state index contributed by atoms with van der Waals surface area (Å²) in [6, 6.07) is 5.29. The normalized spacial score (nSPS) is 21.6. The predicted molar refractivity (Wildman–Crippen MR) is 76.1 cm³/mol. The Balaban J connectivity index is 1.79. The van der Waals surface area contributed by atoms with Crippen LogP contribution in [0.5, 0.6) is 11.5 Å². The van der Waals surface area contributed by atoms with E-state index in [0.717, 1.165) is 36.4 Å². The van der Waals surface area contributed by atoms with Gasteiger partial charge in [0.1, 0.15) is 6.04 Å². The molecule has 1 aromatic carbocycles. The van der Waals surface area contributed by atoms with Crippen LogP contribution in [0.25, 0.3) is 0 Å². The zero-order chi connectivity index (χ0) is 14.8. The SMILES string of the molecule is COCC(N)C(=O)N1CCCC1c1ccc2c(c1)OCO2. The van der Waals surface area contributed by atoms with Crippen LogP contribution in [0.2, 0.25) is 0 Å². The summed E-state index contributed by atoms with van der Waals surface area (Å²) in [6.45, 7) is 1.23. The number of nitrogens with zero attached hydrogens (tertiary/aromatic N) is 1. The molecule has 1 amide bonds. The zero-order valence-electron chi connectivity index (χ0n) is 12.1. The minimum absolute atomic E-state index is 0.0508. The third-order valence-corrected chi connectivity index (χ3v) is 3.98. The van der Waals surface area contributed by atoms with Gasteiger partial charge in [-0.25, -0.2) is 0 Å². The monoisotopic (exact) mass is 292 g/mol. The molecule has 6 nitrogen and oxygen atoms in total. The summed E-state index contributed by atoms with van der Waals surface area (Å²) in [4.78, 5) is 14.3. The number of rotatable bonds is 4. The summed E-state index contributed by atoms with van der Waals surface area (Å²) in [5.41, 5.74) is 6.94. The minimum Gasteiger partial charge on any atom is -0.454 e. The van der Waals surface area contributed by atoms with E-state index in [4.69, 9.17) is 19.9 Å². The fourth-order valence-electron chi connectivity index (χ4n) is 2.96. The number of ether oxygens (including phenoxy) is 3. The number of amides is 1. The highest BCUT2D eigenvalue weighted by Crippen LogP contribution is 2.38. The Hall–Kier alpha value is -1.79. The summed E-state index contributed by atoms with van der Waals surface area (Å²) in [6.07, 6.45) is 1.91. The molecule has 0 radical (unpaired) electrons. The van der Waals surface area contributed by atoms with E-state index in [1.165, 1.54) is 0 Å². The van der Waals surface area contributed by atoms with E-state index in [1.54, 1.807) is 7.11 Å². The second-order valence-corrected chi connectivity index (χ2v) is 5.36. The van der Waals surface area contributed by atoms with E-state index < -0.39 is 6.04 Å². The lowest BCUT2D eigenvalue weighted by Gasteiger charge is -2.27. The smallest absolute Gasteiger partial charge is 0.242 e. The van der Waals surface area contributed by atoms with Crippen molar-refractivity contribution in [1.82, 2.24) is 4.90 Å². The lowest BCUT2D eigenvalue weighted by Crippen LogP contribution is -2.45. The van der Waals surface area contributed by atoms with E-state index in [-0.39, 0.29) is 25.3 Å². The summed E-state index contributed by atoms with van der Waals surface area (Å²) >= 11 is 0. The van der Waals surface area contributed by atoms with Crippen LogP contribution in [0, 0.1) is 0 Å². The maximum Gasteiger partial charge on any atom is 0.242 e. The topological polar surface area (TPSA) is 74.0 Å². The fourth-order valence-corrected chi connectivity index (χ4v) is 2.96. The number of fused-ring (bicyclic) bond motifs is 1. The van der Waals surface area contributed by atoms with Gasteiger partial charge >= 0.3 is 0 Å². The number of benzene rings is 1. The van der Waals surface area contributed by atoms with E-state index in [2.05, 4.69) is 0 Å². The molecule has 114 valence electrons. The molecule has 1 aromatic rings. The van der Waals surface area contributed by atoms with Crippen molar-refractivity contribution in [2.75, 3.05) is 27.1 Å². The number of likely N-dealkylation sites (tertiary alicyclic amines) is 1. The highest BCUT2D eigenvalue weighted by atomic mass is 16.7. The van der Waals surface area contributed by atoms with Gasteiger partial charge in [-0.15, -0.1) is 0 Å². The number of hydrogen-bond donors (Lipinski definition) is 1. The van der Waals surface area contributed by atoms with Gasteiger partial charge in [-0.05, 0) is 30.5 Å². The molecule has 21 heavy (non-hydrogen) atoms. The molecule has 6 heteroatoms. The van der Waals surface area contributed by atoms with Crippen LogP contribution >= 0.6 is 0 Å². The summed E-state index contributed by atoms with van der Waals surface area (Å²) < 4.78 is 15.7. The van der Waals surface area contributed by atoms with Crippen LogP contribution in [-0.2, 0) is 9.53 Å². The quantitative estimate of drug-likeness (QED) is 0.898. The predicted octanol–water partition coefficient (Wildman–Crippen LogP) is 1.05. The van der Waals surface area contributed by atoms with Crippen molar-refractivity contribution >= 4 is 5.91 Å². The number of methoxy groups -OCH3 is 1. The Labute approximate surface area is 123 Å². The van der Waals surface area contributed by atoms with Crippen molar-refractivity contribution in [3.63, 3.8) is 0 Å². The van der Waals surface area contributed by atoms with E-state index >= 15 is 0 Å². The Morgan fingerprint density at radius 3 is 3.10 bits per heavy atom. The fraction of sp³-hybridized carbons (Fsp3) is 0.533. The molecule has 2 aliphatic rings. The molecule has 3 rings (SSSR count). The van der Waals surface area contributed by atoms with Crippen LogP contribution < -0.4 is 15.2 Å². The van der Waals surface area contributed by atoms with Gasteiger partial charge < -0.3 is 24.8 Å². The molecule has 1 saturated heterocycles. The van der Waals surface area contributed by atoms with Gasteiger partial charge in [-0.2, -0.15) is 0 Å². The van der Waals surface area contributed by atoms with E-state index in [9.17, 15) is 4.79 Å². The van der Waals surface area contributed by atoms with Gasteiger partial charge in [0.15, 0.2) is 11.5 Å². The lowest BCUT2D eigenvalue weighted by molar-refractivity contribution is -0.134. The first-order chi connectivity index (χ1) is 10.2. The Morgan fingerprint density at radius 2 is 2.29 bits per heavy atom. The van der Waals surface area contributed by atoms with Crippen LogP contribution in [0.15, 0.2) is 18.2 Å². The van der Waals surface area contributed by atoms with Crippen molar-refractivity contribution in [2.24, 2.45) is 5.73 Å². The highest BCUT2D eigenvalue weighted by molar-refractivity contribution is 5.82. The second kappa shape index (κ2) is 5.91. The van der Waals surface area contributed by atoms with Gasteiger partial charge in [-0.3, -0.25) is 4.79 Å². The number of hydrogen-bond acceptors (Lipinski definition) is 5. The molecule has 0 saturated carbocycles. The molecule has 2 atom stereocenters. The molecule has 1 fully saturated rings. The first-order valence-electron chi connectivity index (χ1n) is 7.15. The average Bonchev–Trinajstić information content (AvgIpc) is 3.14. The molecule has 0 bridgehead atoms. The lowest BCUT2D eigenvalue weighted by atomic mass is 10.0. The summed E-state index contributed by atoms with van der Waals surface area (Å²) in [5.74, 6) is 1.44. The molecule has 2 heterocycles. The molecule has 0 spiro atoms. The van der Waals surface area contributed by atoms with Gasteiger partial charge in [0.25, 0.3) is 0 Å². The molecule has 2 aliphatic heterocycles. The van der Waals surface area contributed by atoms with Gasteiger partial charge in [-0.1, -0.05) is 6.07 Å².